The molecule has 0 bridgehead atoms. The van der Waals surface area contributed by atoms with Crippen LogP contribution in [0.15, 0.2) is 24.3 Å². The summed E-state index contributed by atoms with van der Waals surface area (Å²) < 4.78 is 0. The van der Waals surface area contributed by atoms with Crippen molar-refractivity contribution in [3.8, 4) is 0 Å². The number of hydrogen-bond acceptors (Lipinski definition) is 2. The molecule has 0 aliphatic carbocycles. The van der Waals surface area contributed by atoms with Crippen LogP contribution in [0, 0.1) is 0 Å². The van der Waals surface area contributed by atoms with Crippen molar-refractivity contribution in [2.75, 3.05) is 19.4 Å². The molecule has 0 fully saturated rings. The lowest BCUT2D eigenvalue weighted by Crippen LogP contribution is -2.36. The lowest BCUT2D eigenvalue weighted by atomic mass is 10.1. The van der Waals surface area contributed by atoms with Gasteiger partial charge in [0, 0.05) is 31.4 Å². The molecule has 0 atom stereocenters. The van der Waals surface area contributed by atoms with Crippen LogP contribution >= 0.6 is 0 Å². The topological polar surface area (TPSA) is 32.3 Å². The Morgan fingerprint density at radius 1 is 1.24 bits per heavy atom. The summed E-state index contributed by atoms with van der Waals surface area (Å²) in [6.07, 6.45) is 1.99. The van der Waals surface area contributed by atoms with Gasteiger partial charge in [-0.1, -0.05) is 13.8 Å². The fourth-order valence-corrected chi connectivity index (χ4v) is 1.99. The molecule has 1 amide bonds. The number of benzene rings is 1. The maximum atomic E-state index is 12.2. The zero-order valence-electron chi connectivity index (χ0n) is 11.2. The Labute approximate surface area is 104 Å². The highest BCUT2D eigenvalue weighted by Gasteiger charge is 2.17. The fraction of sp³-hybridized carbons (Fsp3) is 0.500. The van der Waals surface area contributed by atoms with Crippen LogP contribution in [0.4, 0.5) is 5.69 Å². The highest BCUT2D eigenvalue weighted by Crippen LogP contribution is 2.14. The Bertz CT molecular complexity index is 355. The van der Waals surface area contributed by atoms with Gasteiger partial charge >= 0.3 is 0 Å². The van der Waals surface area contributed by atoms with Gasteiger partial charge in [0.15, 0.2) is 0 Å². The first-order valence-corrected chi connectivity index (χ1v) is 6.19. The molecule has 0 heterocycles. The van der Waals surface area contributed by atoms with Crippen LogP contribution in [0.25, 0.3) is 0 Å². The summed E-state index contributed by atoms with van der Waals surface area (Å²) in [4.78, 5) is 14.1. The third-order valence-corrected chi connectivity index (χ3v) is 3.23. The van der Waals surface area contributed by atoms with Gasteiger partial charge in [0.2, 0.25) is 0 Å². The van der Waals surface area contributed by atoms with Crippen LogP contribution < -0.4 is 5.32 Å². The van der Waals surface area contributed by atoms with Gasteiger partial charge in [-0.05, 0) is 37.1 Å². The third-order valence-electron chi connectivity index (χ3n) is 3.23. The molecule has 1 aromatic carbocycles. The fourth-order valence-electron chi connectivity index (χ4n) is 1.99. The molecule has 1 N–H and O–H groups in total. The molecule has 0 aliphatic rings. The molecule has 1 rings (SSSR count). The maximum Gasteiger partial charge on any atom is 0.253 e. The largest absolute Gasteiger partial charge is 0.388 e. The average Bonchev–Trinajstić information content (AvgIpc) is 2.39. The molecule has 3 heteroatoms. The lowest BCUT2D eigenvalue weighted by molar-refractivity contribution is 0.0724. The van der Waals surface area contributed by atoms with E-state index in [0.29, 0.717) is 6.04 Å². The lowest BCUT2D eigenvalue weighted by Gasteiger charge is -2.26. The van der Waals surface area contributed by atoms with Gasteiger partial charge in [-0.15, -0.1) is 0 Å². The van der Waals surface area contributed by atoms with Crippen molar-refractivity contribution < 1.29 is 4.79 Å². The molecular formula is C14H22N2O. The van der Waals surface area contributed by atoms with Crippen LogP contribution in [-0.2, 0) is 0 Å². The molecular weight excluding hydrogens is 212 g/mol. The standard InChI is InChI=1S/C14H22N2O/c1-5-13(6-2)16(4)14(17)11-7-9-12(15-3)10-8-11/h7-10,13,15H,5-6H2,1-4H3. The summed E-state index contributed by atoms with van der Waals surface area (Å²) in [5, 5.41) is 3.04. The van der Waals surface area contributed by atoms with Gasteiger partial charge in [-0.25, -0.2) is 0 Å². The van der Waals surface area contributed by atoms with Crippen LogP contribution in [0.2, 0.25) is 0 Å². The van der Waals surface area contributed by atoms with Gasteiger partial charge < -0.3 is 10.2 Å². The van der Waals surface area contributed by atoms with E-state index < -0.39 is 0 Å². The summed E-state index contributed by atoms with van der Waals surface area (Å²) in [7, 11) is 3.75. The Hall–Kier alpha value is -1.51. The van der Waals surface area contributed by atoms with Crippen molar-refractivity contribution in [3.63, 3.8) is 0 Å². The number of anilines is 1. The summed E-state index contributed by atoms with van der Waals surface area (Å²) >= 11 is 0. The Morgan fingerprint density at radius 2 is 1.76 bits per heavy atom. The molecule has 0 aliphatic heterocycles. The molecule has 94 valence electrons. The Balaban J connectivity index is 2.80. The van der Waals surface area contributed by atoms with E-state index in [1.165, 1.54) is 0 Å². The van der Waals surface area contributed by atoms with Crippen LogP contribution in [0.5, 0.6) is 0 Å². The minimum atomic E-state index is 0.0985. The average molecular weight is 234 g/mol. The summed E-state index contributed by atoms with van der Waals surface area (Å²) in [5.41, 5.74) is 1.77. The number of carbonyl (C=O) groups excluding carboxylic acids is 1. The van der Waals surface area contributed by atoms with Crippen LogP contribution in [0.3, 0.4) is 0 Å². The smallest absolute Gasteiger partial charge is 0.253 e. The van der Waals surface area contributed by atoms with Crippen LogP contribution in [-0.4, -0.2) is 30.9 Å². The van der Waals surface area contributed by atoms with Gasteiger partial charge in [0.05, 0.1) is 0 Å². The Kier molecular flexibility index (Phi) is 5.01. The number of rotatable bonds is 5. The third kappa shape index (κ3) is 3.22. The molecule has 0 spiro atoms. The molecule has 0 saturated carbocycles. The number of nitrogens with zero attached hydrogens (tertiary/aromatic N) is 1. The minimum absolute atomic E-state index is 0.0985. The first kappa shape index (κ1) is 13.6. The van der Waals surface area contributed by atoms with Gasteiger partial charge in [-0.3, -0.25) is 4.79 Å². The first-order chi connectivity index (χ1) is 8.13. The van der Waals surface area contributed by atoms with E-state index in [1.54, 1.807) is 0 Å². The quantitative estimate of drug-likeness (QED) is 0.849. The summed E-state index contributed by atoms with van der Waals surface area (Å²) in [6, 6.07) is 7.91. The predicted octanol–water partition coefficient (Wildman–Crippen LogP) is 2.99. The van der Waals surface area contributed by atoms with Crippen molar-refractivity contribution in [3.05, 3.63) is 29.8 Å². The van der Waals surface area contributed by atoms with Gasteiger partial charge in [0.1, 0.15) is 0 Å². The van der Waals surface area contributed by atoms with Crippen LogP contribution in [0.1, 0.15) is 37.0 Å². The molecule has 1 aromatic rings. The molecule has 3 nitrogen and oxygen atoms in total. The van der Waals surface area contributed by atoms with Crippen molar-refractivity contribution in [2.45, 2.75) is 32.7 Å². The second-order valence-electron chi connectivity index (χ2n) is 4.21. The number of nitrogens with one attached hydrogen (secondary N) is 1. The molecule has 0 saturated heterocycles. The summed E-state index contributed by atoms with van der Waals surface area (Å²) in [6.45, 7) is 4.23. The first-order valence-electron chi connectivity index (χ1n) is 6.19. The van der Waals surface area contributed by atoms with E-state index >= 15 is 0 Å². The Morgan fingerprint density at radius 3 is 2.18 bits per heavy atom. The normalized spacial score (nSPS) is 10.4. The van der Waals surface area contributed by atoms with E-state index in [9.17, 15) is 4.79 Å². The van der Waals surface area contributed by atoms with Crippen molar-refractivity contribution in [1.82, 2.24) is 4.90 Å². The molecule has 0 unspecified atom stereocenters. The van der Waals surface area contributed by atoms with E-state index in [-0.39, 0.29) is 5.91 Å². The molecule has 0 radical (unpaired) electrons. The van der Waals surface area contributed by atoms with E-state index in [0.717, 1.165) is 24.1 Å². The zero-order valence-corrected chi connectivity index (χ0v) is 11.2. The summed E-state index contributed by atoms with van der Waals surface area (Å²) in [5.74, 6) is 0.0985. The number of amides is 1. The highest BCUT2D eigenvalue weighted by atomic mass is 16.2. The monoisotopic (exact) mass is 234 g/mol. The highest BCUT2D eigenvalue weighted by molar-refractivity contribution is 5.94. The minimum Gasteiger partial charge on any atom is -0.388 e. The second kappa shape index (κ2) is 6.28. The molecule has 17 heavy (non-hydrogen) atoms. The number of carbonyl (C=O) groups is 1. The molecule has 0 aromatic heterocycles. The maximum absolute atomic E-state index is 12.2. The number of hydrogen-bond donors (Lipinski definition) is 1. The van der Waals surface area contributed by atoms with Crippen molar-refractivity contribution >= 4 is 11.6 Å². The van der Waals surface area contributed by atoms with E-state index in [2.05, 4.69) is 19.2 Å². The van der Waals surface area contributed by atoms with E-state index in [4.69, 9.17) is 0 Å². The van der Waals surface area contributed by atoms with Gasteiger partial charge in [-0.2, -0.15) is 0 Å². The predicted molar refractivity (Wildman–Crippen MR) is 72.5 cm³/mol. The SMILES string of the molecule is CCC(CC)N(C)C(=O)c1ccc(NC)cc1. The second-order valence-corrected chi connectivity index (χ2v) is 4.21. The zero-order chi connectivity index (χ0) is 12.8. The van der Waals surface area contributed by atoms with Crippen molar-refractivity contribution in [2.24, 2.45) is 0 Å². The van der Waals surface area contributed by atoms with Crippen molar-refractivity contribution in [1.29, 1.82) is 0 Å². The van der Waals surface area contributed by atoms with Gasteiger partial charge in [0.25, 0.3) is 5.91 Å². The van der Waals surface area contributed by atoms with E-state index in [1.807, 2.05) is 43.3 Å².